The zero-order valence-corrected chi connectivity index (χ0v) is 9.00. The van der Waals surface area contributed by atoms with Crippen LogP contribution in [0.5, 0.6) is 0 Å². The zero-order valence-electron chi connectivity index (χ0n) is 8.18. The van der Waals surface area contributed by atoms with Gasteiger partial charge in [0.05, 0.1) is 0 Å². The number of hydrogen-bond acceptors (Lipinski definition) is 1. The molecule has 0 fully saturated rings. The van der Waals surface area contributed by atoms with Crippen LogP contribution in [0.3, 0.4) is 0 Å². The lowest BCUT2D eigenvalue weighted by atomic mass is 10.1. The van der Waals surface area contributed by atoms with Gasteiger partial charge in [0.2, 0.25) is 0 Å². The van der Waals surface area contributed by atoms with Crippen LogP contribution in [0.4, 0.5) is 0 Å². The van der Waals surface area contributed by atoms with Gasteiger partial charge in [0.1, 0.15) is 0 Å². The SMILES string of the molecule is C1=c2ccccc2=c2ccccc2=CS1. The van der Waals surface area contributed by atoms with Crippen LogP contribution in [-0.4, -0.2) is 0 Å². The van der Waals surface area contributed by atoms with E-state index >= 15 is 0 Å². The largest absolute Gasteiger partial charge is 0.105 e. The molecule has 15 heavy (non-hydrogen) atoms. The topological polar surface area (TPSA) is 0 Å². The summed E-state index contributed by atoms with van der Waals surface area (Å²) in [6.45, 7) is 0. The Kier molecular flexibility index (Phi) is 2.11. The first kappa shape index (κ1) is 8.81. The van der Waals surface area contributed by atoms with Gasteiger partial charge < -0.3 is 0 Å². The van der Waals surface area contributed by atoms with Crippen molar-refractivity contribution < 1.29 is 0 Å². The molecular formula is C14H10S. The molecule has 0 radical (unpaired) electrons. The second-order valence-corrected chi connectivity index (χ2v) is 4.29. The lowest BCUT2D eigenvalue weighted by Gasteiger charge is -1.90. The molecule has 0 aromatic heterocycles. The smallest absolute Gasteiger partial charge is 0.00999 e. The molecule has 1 heteroatoms. The standard InChI is InChI=1S/C14H10S/c1-3-7-13-11(5-1)9-15-10-12-6-2-4-8-14(12)13/h1-10H. The predicted octanol–water partition coefficient (Wildman–Crippen LogP) is 2.20. The van der Waals surface area contributed by atoms with Crippen molar-refractivity contribution in [1.82, 2.24) is 0 Å². The minimum atomic E-state index is 1.31. The third-order valence-electron chi connectivity index (χ3n) is 2.60. The Hall–Kier alpha value is -1.47. The summed E-state index contributed by atoms with van der Waals surface area (Å²) in [6, 6.07) is 17.1. The van der Waals surface area contributed by atoms with E-state index in [2.05, 4.69) is 59.3 Å². The van der Waals surface area contributed by atoms with Gasteiger partial charge in [0.15, 0.2) is 0 Å². The minimum Gasteiger partial charge on any atom is -0.105 e. The fourth-order valence-electron chi connectivity index (χ4n) is 1.87. The molecule has 72 valence electrons. The van der Waals surface area contributed by atoms with Gasteiger partial charge in [0, 0.05) is 0 Å². The molecule has 0 amide bonds. The maximum absolute atomic E-state index is 2.20. The van der Waals surface area contributed by atoms with Crippen LogP contribution in [0, 0.1) is 10.4 Å². The van der Waals surface area contributed by atoms with Gasteiger partial charge in [-0.1, -0.05) is 48.5 Å². The van der Waals surface area contributed by atoms with E-state index in [1.54, 1.807) is 11.8 Å². The second kappa shape index (κ2) is 3.59. The Bertz CT molecular complexity index is 637. The van der Waals surface area contributed by atoms with Crippen molar-refractivity contribution in [3.05, 3.63) is 69.4 Å². The molecule has 0 bridgehead atoms. The van der Waals surface area contributed by atoms with Gasteiger partial charge in [-0.05, 0) is 31.7 Å². The van der Waals surface area contributed by atoms with E-state index in [1.807, 2.05) is 0 Å². The summed E-state index contributed by atoms with van der Waals surface area (Å²) in [5, 5.41) is 9.68. The highest BCUT2D eigenvalue weighted by atomic mass is 32.2. The van der Waals surface area contributed by atoms with E-state index in [0.717, 1.165) is 0 Å². The number of thioether (sulfide) groups is 1. The van der Waals surface area contributed by atoms with Gasteiger partial charge >= 0.3 is 0 Å². The van der Waals surface area contributed by atoms with Crippen LogP contribution in [0.2, 0.25) is 0 Å². The van der Waals surface area contributed by atoms with E-state index in [4.69, 9.17) is 0 Å². The van der Waals surface area contributed by atoms with Crippen molar-refractivity contribution in [1.29, 1.82) is 0 Å². The maximum Gasteiger partial charge on any atom is -0.00999 e. The molecule has 0 nitrogen and oxygen atoms in total. The average Bonchev–Trinajstić information content (AvgIpc) is 2.48. The molecule has 1 aliphatic heterocycles. The lowest BCUT2D eigenvalue weighted by Crippen LogP contribution is -2.05. The molecular weight excluding hydrogens is 200 g/mol. The minimum absolute atomic E-state index is 1.31. The highest BCUT2D eigenvalue weighted by Crippen LogP contribution is 2.05. The highest BCUT2D eigenvalue weighted by molar-refractivity contribution is 8.13. The van der Waals surface area contributed by atoms with Crippen molar-refractivity contribution in [3.63, 3.8) is 0 Å². The molecule has 0 aliphatic carbocycles. The second-order valence-electron chi connectivity index (χ2n) is 3.55. The van der Waals surface area contributed by atoms with Crippen molar-refractivity contribution in [3.8, 4) is 0 Å². The third kappa shape index (κ3) is 1.49. The Morgan fingerprint density at radius 1 is 0.600 bits per heavy atom. The summed E-state index contributed by atoms with van der Waals surface area (Å²) < 4.78 is 0. The first-order valence-corrected chi connectivity index (χ1v) is 5.90. The monoisotopic (exact) mass is 210 g/mol. The molecule has 0 saturated carbocycles. The first-order chi connectivity index (χ1) is 7.45. The number of hydrogen-bond donors (Lipinski definition) is 0. The van der Waals surface area contributed by atoms with Crippen LogP contribution in [0.15, 0.2) is 48.5 Å². The van der Waals surface area contributed by atoms with E-state index in [0.29, 0.717) is 0 Å². The highest BCUT2D eigenvalue weighted by Gasteiger charge is 1.92. The Labute approximate surface area is 92.3 Å². The van der Waals surface area contributed by atoms with Crippen LogP contribution < -0.4 is 10.4 Å². The van der Waals surface area contributed by atoms with Crippen LogP contribution in [-0.2, 0) is 0 Å². The summed E-state index contributed by atoms with van der Waals surface area (Å²) in [7, 11) is 0. The molecule has 3 rings (SSSR count). The number of fused-ring (bicyclic) bond motifs is 2. The first-order valence-electron chi connectivity index (χ1n) is 4.95. The summed E-state index contributed by atoms with van der Waals surface area (Å²) in [5.74, 6) is 0. The van der Waals surface area contributed by atoms with Crippen LogP contribution >= 0.6 is 11.8 Å². The summed E-state index contributed by atoms with van der Waals surface area (Å²) in [6.07, 6.45) is 0. The van der Waals surface area contributed by atoms with Crippen molar-refractivity contribution >= 4 is 22.6 Å². The molecule has 0 spiro atoms. The molecule has 0 N–H and O–H groups in total. The van der Waals surface area contributed by atoms with Crippen LogP contribution in [0.1, 0.15) is 0 Å². The maximum atomic E-state index is 2.20. The molecule has 0 saturated heterocycles. The summed E-state index contributed by atoms with van der Waals surface area (Å²) >= 11 is 1.75. The molecule has 1 aliphatic rings. The fraction of sp³-hybridized carbons (Fsp3) is 0. The van der Waals surface area contributed by atoms with Gasteiger partial charge in [-0.25, -0.2) is 0 Å². The molecule has 2 aromatic rings. The van der Waals surface area contributed by atoms with E-state index in [9.17, 15) is 0 Å². The van der Waals surface area contributed by atoms with E-state index in [1.165, 1.54) is 20.9 Å². The summed E-state index contributed by atoms with van der Waals surface area (Å²) in [5.41, 5.74) is 0. The zero-order chi connectivity index (χ0) is 10.1. The van der Waals surface area contributed by atoms with Gasteiger partial charge in [0.25, 0.3) is 0 Å². The fourth-order valence-corrected chi connectivity index (χ4v) is 2.64. The lowest BCUT2D eigenvalue weighted by molar-refractivity contribution is 1.41. The van der Waals surface area contributed by atoms with Gasteiger partial charge in [-0.3, -0.25) is 0 Å². The predicted molar refractivity (Wildman–Crippen MR) is 66.3 cm³/mol. The molecule has 0 atom stereocenters. The van der Waals surface area contributed by atoms with Gasteiger partial charge in [-0.2, -0.15) is 0 Å². The van der Waals surface area contributed by atoms with Crippen molar-refractivity contribution in [2.24, 2.45) is 0 Å². The number of benzene rings is 2. The summed E-state index contributed by atoms with van der Waals surface area (Å²) in [4.78, 5) is 0. The van der Waals surface area contributed by atoms with Crippen molar-refractivity contribution in [2.45, 2.75) is 0 Å². The quantitative estimate of drug-likeness (QED) is 0.642. The van der Waals surface area contributed by atoms with E-state index < -0.39 is 0 Å². The van der Waals surface area contributed by atoms with Crippen molar-refractivity contribution in [2.75, 3.05) is 0 Å². The Morgan fingerprint density at radius 3 is 1.60 bits per heavy atom. The third-order valence-corrected chi connectivity index (χ3v) is 3.38. The van der Waals surface area contributed by atoms with Gasteiger partial charge in [-0.15, -0.1) is 11.8 Å². The number of rotatable bonds is 0. The molecule has 0 unspecified atom stereocenters. The van der Waals surface area contributed by atoms with Crippen LogP contribution in [0.25, 0.3) is 10.8 Å². The average molecular weight is 210 g/mol. The normalized spacial score (nSPS) is 12.8. The molecule has 2 aromatic carbocycles. The van der Waals surface area contributed by atoms with E-state index in [-0.39, 0.29) is 0 Å². The Morgan fingerprint density at radius 2 is 1.07 bits per heavy atom. The molecule has 1 heterocycles. The Balaban J connectivity index is 2.73.